The van der Waals surface area contributed by atoms with E-state index in [4.69, 9.17) is 0 Å². The van der Waals surface area contributed by atoms with E-state index < -0.39 is 0 Å². The average molecular weight is 338 g/mol. The predicted octanol–water partition coefficient (Wildman–Crippen LogP) is 1.36. The lowest BCUT2D eigenvalue weighted by molar-refractivity contribution is -0.125. The van der Waals surface area contributed by atoms with E-state index in [2.05, 4.69) is 44.3 Å². The van der Waals surface area contributed by atoms with E-state index in [1.165, 1.54) is 16.0 Å². The van der Waals surface area contributed by atoms with Crippen molar-refractivity contribution >= 4 is 27.9 Å². The maximum absolute atomic E-state index is 11.5. The molecule has 3 amide bonds. The van der Waals surface area contributed by atoms with Crippen LogP contribution in [0.2, 0.25) is 0 Å². The Kier molecular flexibility index (Phi) is 3.76. The van der Waals surface area contributed by atoms with Crippen molar-refractivity contribution in [2.45, 2.75) is 13.0 Å². The fourth-order valence-electron chi connectivity index (χ4n) is 2.69. The van der Waals surface area contributed by atoms with Gasteiger partial charge < -0.3 is 5.32 Å². The number of hydrogen-bond acceptors (Lipinski definition) is 3. The number of nitrogens with one attached hydrogen (secondary N) is 1. The van der Waals surface area contributed by atoms with Crippen molar-refractivity contribution in [2.24, 2.45) is 0 Å². The highest BCUT2D eigenvalue weighted by atomic mass is 79.9. The number of benzene rings is 1. The van der Waals surface area contributed by atoms with Gasteiger partial charge in [0.15, 0.2) is 0 Å². The molecular formula is C14H16BrN3O2. The number of rotatable bonds is 3. The molecule has 1 N–H and O–H groups in total. The molecule has 0 saturated carbocycles. The summed E-state index contributed by atoms with van der Waals surface area (Å²) in [5.74, 6) is -0.128. The quantitative estimate of drug-likeness (QED) is 0.847. The van der Waals surface area contributed by atoms with E-state index in [0.29, 0.717) is 6.54 Å². The number of imide groups is 1. The first kappa shape index (κ1) is 13.6. The molecule has 2 aliphatic heterocycles. The van der Waals surface area contributed by atoms with E-state index >= 15 is 0 Å². The second-order valence-corrected chi connectivity index (χ2v) is 6.06. The van der Waals surface area contributed by atoms with Gasteiger partial charge in [-0.15, -0.1) is 0 Å². The molecule has 0 aliphatic carbocycles. The van der Waals surface area contributed by atoms with Gasteiger partial charge in [0.25, 0.3) is 0 Å². The topological polar surface area (TPSA) is 52.7 Å². The van der Waals surface area contributed by atoms with Gasteiger partial charge >= 0.3 is 6.03 Å². The van der Waals surface area contributed by atoms with Crippen LogP contribution in [0.1, 0.15) is 11.1 Å². The summed E-state index contributed by atoms with van der Waals surface area (Å²) in [6, 6.07) is 6.10. The molecule has 20 heavy (non-hydrogen) atoms. The van der Waals surface area contributed by atoms with Gasteiger partial charge in [0.2, 0.25) is 5.91 Å². The zero-order chi connectivity index (χ0) is 14.1. The molecule has 1 aromatic carbocycles. The second kappa shape index (κ2) is 5.54. The summed E-state index contributed by atoms with van der Waals surface area (Å²) < 4.78 is 1.11. The van der Waals surface area contributed by atoms with E-state index in [1.807, 2.05) is 0 Å². The van der Waals surface area contributed by atoms with Crippen molar-refractivity contribution in [1.29, 1.82) is 0 Å². The largest absolute Gasteiger partial charge is 0.329 e. The van der Waals surface area contributed by atoms with Gasteiger partial charge in [0.05, 0.1) is 6.54 Å². The van der Waals surface area contributed by atoms with Gasteiger partial charge in [-0.3, -0.25) is 14.6 Å². The van der Waals surface area contributed by atoms with Crippen molar-refractivity contribution in [3.8, 4) is 0 Å². The number of nitrogens with zero attached hydrogens (tertiary/aromatic N) is 2. The van der Waals surface area contributed by atoms with E-state index in [1.54, 1.807) is 0 Å². The summed E-state index contributed by atoms with van der Waals surface area (Å²) in [7, 11) is 0. The molecule has 6 heteroatoms. The predicted molar refractivity (Wildman–Crippen MR) is 78.2 cm³/mol. The van der Waals surface area contributed by atoms with Crippen molar-refractivity contribution in [2.75, 3.05) is 26.2 Å². The zero-order valence-electron chi connectivity index (χ0n) is 11.1. The summed E-state index contributed by atoms with van der Waals surface area (Å²) in [6.07, 6.45) is 1.01. The third kappa shape index (κ3) is 2.71. The van der Waals surface area contributed by atoms with Crippen LogP contribution in [0.3, 0.4) is 0 Å². The molecule has 2 heterocycles. The van der Waals surface area contributed by atoms with E-state index in [0.717, 1.165) is 30.5 Å². The maximum atomic E-state index is 11.5. The molecule has 0 spiro atoms. The van der Waals surface area contributed by atoms with Gasteiger partial charge in [-0.05, 0) is 29.7 Å². The smallest absolute Gasteiger partial charge is 0.324 e. The second-order valence-electron chi connectivity index (χ2n) is 5.14. The monoisotopic (exact) mass is 337 g/mol. The van der Waals surface area contributed by atoms with Crippen LogP contribution in [0.4, 0.5) is 4.79 Å². The van der Waals surface area contributed by atoms with Crippen molar-refractivity contribution in [3.63, 3.8) is 0 Å². The lowest BCUT2D eigenvalue weighted by Crippen LogP contribution is -2.40. The Balaban J connectivity index is 1.59. The number of halogens is 1. The molecule has 0 bridgehead atoms. The fraction of sp³-hybridized carbons (Fsp3) is 0.429. The van der Waals surface area contributed by atoms with Gasteiger partial charge in [0.1, 0.15) is 0 Å². The first-order chi connectivity index (χ1) is 9.63. The molecule has 0 unspecified atom stereocenters. The number of fused-ring (bicyclic) bond motifs is 1. The van der Waals surface area contributed by atoms with Gasteiger partial charge in [0, 0.05) is 30.7 Å². The van der Waals surface area contributed by atoms with Gasteiger partial charge in [-0.25, -0.2) is 4.79 Å². The Morgan fingerprint density at radius 1 is 1.20 bits per heavy atom. The Bertz CT molecular complexity index is 545. The molecule has 5 nitrogen and oxygen atoms in total. The molecule has 0 atom stereocenters. The highest BCUT2D eigenvalue weighted by Gasteiger charge is 2.28. The lowest BCUT2D eigenvalue weighted by Gasteiger charge is -2.29. The summed E-state index contributed by atoms with van der Waals surface area (Å²) >= 11 is 3.49. The third-order valence-electron chi connectivity index (χ3n) is 3.84. The molecule has 1 fully saturated rings. The normalized spacial score (nSPS) is 19.1. The molecule has 1 aromatic rings. The number of amides is 3. The summed E-state index contributed by atoms with van der Waals surface area (Å²) in [6.45, 7) is 3.18. The average Bonchev–Trinajstić information content (AvgIpc) is 2.76. The minimum atomic E-state index is -0.267. The molecular weight excluding hydrogens is 322 g/mol. The minimum Gasteiger partial charge on any atom is -0.329 e. The highest BCUT2D eigenvalue weighted by Crippen LogP contribution is 2.22. The van der Waals surface area contributed by atoms with Gasteiger partial charge in [-0.2, -0.15) is 0 Å². The van der Waals surface area contributed by atoms with Crippen LogP contribution in [0.25, 0.3) is 0 Å². The van der Waals surface area contributed by atoms with Gasteiger partial charge in [-0.1, -0.05) is 22.0 Å². The SMILES string of the molecule is O=C1CNC(=O)N1CCN1CCc2cc(Br)ccc2C1. The maximum Gasteiger partial charge on any atom is 0.324 e. The van der Waals surface area contributed by atoms with E-state index in [-0.39, 0.29) is 18.5 Å². The number of hydrogen-bond donors (Lipinski definition) is 1. The highest BCUT2D eigenvalue weighted by molar-refractivity contribution is 9.10. The first-order valence-corrected chi connectivity index (χ1v) is 7.50. The Morgan fingerprint density at radius 3 is 2.80 bits per heavy atom. The lowest BCUT2D eigenvalue weighted by atomic mass is 10.00. The standard InChI is InChI=1S/C14H16BrN3O2/c15-12-2-1-11-9-17(4-3-10(11)7-12)5-6-18-13(19)8-16-14(18)20/h1-2,7H,3-6,8-9H2,(H,16,20). The van der Waals surface area contributed by atoms with Crippen molar-refractivity contribution < 1.29 is 9.59 Å². The third-order valence-corrected chi connectivity index (χ3v) is 4.33. The Morgan fingerprint density at radius 2 is 2.05 bits per heavy atom. The summed E-state index contributed by atoms with van der Waals surface area (Å²) in [5, 5.41) is 2.54. The molecule has 2 aliphatic rings. The van der Waals surface area contributed by atoms with Crippen molar-refractivity contribution in [1.82, 2.24) is 15.1 Å². The Labute approximate surface area is 126 Å². The zero-order valence-corrected chi connectivity index (χ0v) is 12.6. The van der Waals surface area contributed by atoms with E-state index in [9.17, 15) is 9.59 Å². The Hall–Kier alpha value is -1.40. The van der Waals surface area contributed by atoms with Crippen LogP contribution in [0, 0.1) is 0 Å². The van der Waals surface area contributed by atoms with Crippen LogP contribution < -0.4 is 5.32 Å². The minimum absolute atomic E-state index is 0.128. The van der Waals surface area contributed by atoms with Crippen molar-refractivity contribution in [3.05, 3.63) is 33.8 Å². The molecule has 0 radical (unpaired) electrons. The fourth-order valence-corrected chi connectivity index (χ4v) is 3.10. The summed E-state index contributed by atoms with van der Waals surface area (Å²) in [4.78, 5) is 26.6. The van der Waals surface area contributed by atoms with Crippen LogP contribution >= 0.6 is 15.9 Å². The number of carbonyl (C=O) groups excluding carboxylic acids is 2. The molecule has 3 rings (SSSR count). The summed E-state index contributed by atoms with van der Waals surface area (Å²) in [5.41, 5.74) is 2.71. The first-order valence-electron chi connectivity index (χ1n) is 6.71. The van der Waals surface area contributed by atoms with Crippen LogP contribution in [0.5, 0.6) is 0 Å². The van der Waals surface area contributed by atoms with Crippen LogP contribution in [0.15, 0.2) is 22.7 Å². The molecule has 106 valence electrons. The number of carbonyl (C=O) groups is 2. The number of urea groups is 1. The van der Waals surface area contributed by atoms with Crippen LogP contribution in [-0.4, -0.2) is 47.9 Å². The van der Waals surface area contributed by atoms with Crippen LogP contribution in [-0.2, 0) is 17.8 Å². The molecule has 1 saturated heterocycles. The molecule has 0 aromatic heterocycles.